The number of morpholine rings is 1. The summed E-state index contributed by atoms with van der Waals surface area (Å²) in [6, 6.07) is 8.35. The molecule has 1 atom stereocenters. The van der Waals surface area contributed by atoms with Crippen molar-refractivity contribution in [2.45, 2.75) is 12.3 Å². The number of carboxylic acid groups (broad SMARTS) is 1. The smallest absolute Gasteiger partial charge is 0.433 e. The third-order valence-corrected chi connectivity index (χ3v) is 4.19. The van der Waals surface area contributed by atoms with E-state index in [0.29, 0.717) is 18.3 Å². The minimum Gasteiger partial charge on any atom is -0.465 e. The Bertz CT molecular complexity index is 871. The van der Waals surface area contributed by atoms with Crippen molar-refractivity contribution in [1.29, 1.82) is 0 Å². The van der Waals surface area contributed by atoms with E-state index in [4.69, 9.17) is 9.84 Å². The number of halogens is 3. The summed E-state index contributed by atoms with van der Waals surface area (Å²) in [6.07, 6.45) is -5.16. The largest absolute Gasteiger partial charge is 0.465 e. The zero-order chi connectivity index (χ0) is 20.3. The monoisotopic (exact) mass is 395 g/mol. The van der Waals surface area contributed by atoms with Gasteiger partial charge in [0.25, 0.3) is 5.91 Å². The van der Waals surface area contributed by atoms with Crippen molar-refractivity contribution in [3.63, 3.8) is 0 Å². The van der Waals surface area contributed by atoms with Gasteiger partial charge in [-0.05, 0) is 29.8 Å². The van der Waals surface area contributed by atoms with E-state index in [2.05, 4.69) is 10.3 Å². The number of benzene rings is 1. The van der Waals surface area contributed by atoms with E-state index in [9.17, 15) is 22.8 Å². The van der Waals surface area contributed by atoms with Crippen LogP contribution in [0, 0.1) is 0 Å². The van der Waals surface area contributed by atoms with Crippen LogP contribution < -0.4 is 5.32 Å². The molecule has 1 aromatic carbocycles. The number of aromatic nitrogens is 1. The highest BCUT2D eigenvalue weighted by Crippen LogP contribution is 2.28. The van der Waals surface area contributed by atoms with Gasteiger partial charge in [-0.2, -0.15) is 13.2 Å². The lowest BCUT2D eigenvalue weighted by Gasteiger charge is -2.31. The molecule has 0 spiro atoms. The van der Waals surface area contributed by atoms with E-state index in [0.717, 1.165) is 11.8 Å². The molecule has 2 aromatic rings. The van der Waals surface area contributed by atoms with E-state index in [1.807, 2.05) is 0 Å². The van der Waals surface area contributed by atoms with Crippen LogP contribution in [-0.4, -0.2) is 46.7 Å². The summed E-state index contributed by atoms with van der Waals surface area (Å²) < 4.78 is 43.7. The summed E-state index contributed by atoms with van der Waals surface area (Å²) in [6.45, 7) is 0.767. The predicted molar refractivity (Wildman–Crippen MR) is 91.9 cm³/mol. The normalized spacial score (nSPS) is 17.2. The minimum absolute atomic E-state index is 0.167. The zero-order valence-corrected chi connectivity index (χ0v) is 14.4. The molecule has 1 aromatic heterocycles. The number of carbonyl (C=O) groups is 2. The number of pyridine rings is 1. The number of amides is 2. The molecular formula is C18H16F3N3O4. The second-order valence-corrected chi connectivity index (χ2v) is 6.09. The Balaban J connectivity index is 1.67. The molecule has 0 saturated carbocycles. The molecule has 1 aliphatic heterocycles. The van der Waals surface area contributed by atoms with Crippen molar-refractivity contribution in [3.8, 4) is 0 Å². The summed E-state index contributed by atoms with van der Waals surface area (Å²) in [5.41, 5.74) is -0.204. The Morgan fingerprint density at radius 3 is 2.57 bits per heavy atom. The summed E-state index contributed by atoms with van der Waals surface area (Å²) in [7, 11) is 0. The molecule has 2 N–H and O–H groups in total. The Labute approximate surface area is 157 Å². The lowest BCUT2D eigenvalue weighted by molar-refractivity contribution is -0.141. The van der Waals surface area contributed by atoms with Gasteiger partial charge in [0.2, 0.25) is 0 Å². The van der Waals surface area contributed by atoms with Gasteiger partial charge in [0.05, 0.1) is 13.2 Å². The maximum Gasteiger partial charge on any atom is 0.433 e. The first kappa shape index (κ1) is 19.6. The van der Waals surface area contributed by atoms with Crippen LogP contribution >= 0.6 is 0 Å². The van der Waals surface area contributed by atoms with Gasteiger partial charge in [0.1, 0.15) is 11.8 Å². The topological polar surface area (TPSA) is 91.8 Å². The molecule has 2 heterocycles. The molecule has 2 amide bonds. The third-order valence-electron chi connectivity index (χ3n) is 4.19. The van der Waals surface area contributed by atoms with E-state index in [-0.39, 0.29) is 18.7 Å². The number of hydrogen-bond donors (Lipinski definition) is 2. The number of rotatable bonds is 3. The molecular weight excluding hydrogens is 379 g/mol. The van der Waals surface area contributed by atoms with Crippen molar-refractivity contribution < 1.29 is 32.6 Å². The predicted octanol–water partition coefficient (Wildman–Crippen LogP) is 3.40. The SMILES string of the molecule is O=C(Nc1ccc(C2CN(C(=O)O)CCO2)cc1)c1ccnc(C(F)(F)F)c1. The third kappa shape index (κ3) is 4.58. The van der Waals surface area contributed by atoms with Gasteiger partial charge in [-0.1, -0.05) is 12.1 Å². The zero-order valence-electron chi connectivity index (χ0n) is 14.4. The van der Waals surface area contributed by atoms with Crippen LogP contribution in [0.3, 0.4) is 0 Å². The van der Waals surface area contributed by atoms with Gasteiger partial charge in [0.15, 0.2) is 0 Å². The highest BCUT2D eigenvalue weighted by atomic mass is 19.4. The molecule has 0 aliphatic carbocycles. The standard InChI is InChI=1S/C18H16F3N3O4/c19-18(20,21)15-9-12(5-6-22-15)16(25)23-13-3-1-11(2-4-13)14-10-24(17(26)27)7-8-28-14/h1-6,9,14H,7-8,10H2,(H,23,25)(H,26,27). The van der Waals surface area contributed by atoms with E-state index < -0.39 is 30.0 Å². The Hall–Kier alpha value is -3.14. The molecule has 10 heteroatoms. The number of anilines is 1. The number of nitrogens with one attached hydrogen (secondary N) is 1. The average molecular weight is 395 g/mol. The quantitative estimate of drug-likeness (QED) is 0.831. The minimum atomic E-state index is -4.64. The number of hydrogen-bond acceptors (Lipinski definition) is 4. The molecule has 28 heavy (non-hydrogen) atoms. The van der Waals surface area contributed by atoms with Gasteiger partial charge < -0.3 is 20.1 Å². The first-order valence-electron chi connectivity index (χ1n) is 8.28. The van der Waals surface area contributed by atoms with Crippen LogP contribution in [-0.2, 0) is 10.9 Å². The fourth-order valence-electron chi connectivity index (χ4n) is 2.74. The highest BCUT2D eigenvalue weighted by Gasteiger charge is 2.33. The summed E-state index contributed by atoms with van der Waals surface area (Å²) in [5.74, 6) is -0.702. The molecule has 1 fully saturated rings. The van der Waals surface area contributed by atoms with Crippen molar-refractivity contribution in [1.82, 2.24) is 9.88 Å². The first-order valence-corrected chi connectivity index (χ1v) is 8.28. The van der Waals surface area contributed by atoms with Crippen molar-refractivity contribution in [2.75, 3.05) is 25.0 Å². The van der Waals surface area contributed by atoms with Gasteiger partial charge >= 0.3 is 12.3 Å². The van der Waals surface area contributed by atoms with Crippen LogP contribution in [0.15, 0.2) is 42.6 Å². The average Bonchev–Trinajstić information content (AvgIpc) is 2.68. The van der Waals surface area contributed by atoms with E-state index in [1.54, 1.807) is 24.3 Å². The molecule has 1 unspecified atom stereocenters. The number of ether oxygens (including phenoxy) is 1. The molecule has 7 nitrogen and oxygen atoms in total. The highest BCUT2D eigenvalue weighted by molar-refractivity contribution is 6.04. The molecule has 3 rings (SSSR count). The lowest BCUT2D eigenvalue weighted by atomic mass is 10.1. The molecule has 1 aliphatic rings. The van der Waals surface area contributed by atoms with Crippen LogP contribution in [0.25, 0.3) is 0 Å². The van der Waals surface area contributed by atoms with Crippen LogP contribution in [0.2, 0.25) is 0 Å². The van der Waals surface area contributed by atoms with Crippen molar-refractivity contribution in [2.24, 2.45) is 0 Å². The molecule has 0 radical (unpaired) electrons. The Morgan fingerprint density at radius 1 is 1.21 bits per heavy atom. The fourth-order valence-corrected chi connectivity index (χ4v) is 2.74. The van der Waals surface area contributed by atoms with Crippen LogP contribution in [0.5, 0.6) is 0 Å². The summed E-state index contributed by atoms with van der Waals surface area (Å²) in [5, 5.41) is 11.6. The molecule has 148 valence electrons. The van der Waals surface area contributed by atoms with E-state index >= 15 is 0 Å². The maximum atomic E-state index is 12.7. The Kier molecular flexibility index (Phi) is 5.50. The first-order chi connectivity index (χ1) is 13.2. The second kappa shape index (κ2) is 7.85. The van der Waals surface area contributed by atoms with Crippen LogP contribution in [0.4, 0.5) is 23.7 Å². The van der Waals surface area contributed by atoms with Crippen molar-refractivity contribution >= 4 is 17.7 Å². The maximum absolute atomic E-state index is 12.7. The second-order valence-electron chi connectivity index (χ2n) is 6.09. The molecule has 1 saturated heterocycles. The lowest BCUT2D eigenvalue weighted by Crippen LogP contribution is -2.41. The van der Waals surface area contributed by atoms with E-state index in [1.165, 1.54) is 11.0 Å². The summed E-state index contributed by atoms with van der Waals surface area (Å²) >= 11 is 0. The van der Waals surface area contributed by atoms with Gasteiger partial charge in [-0.15, -0.1) is 0 Å². The summed E-state index contributed by atoms with van der Waals surface area (Å²) in [4.78, 5) is 27.7. The Morgan fingerprint density at radius 2 is 1.93 bits per heavy atom. The van der Waals surface area contributed by atoms with Gasteiger partial charge in [-0.25, -0.2) is 4.79 Å². The van der Waals surface area contributed by atoms with Crippen molar-refractivity contribution in [3.05, 3.63) is 59.4 Å². The van der Waals surface area contributed by atoms with Crippen LogP contribution in [0.1, 0.15) is 27.7 Å². The number of alkyl halides is 3. The van der Waals surface area contributed by atoms with Gasteiger partial charge in [0, 0.05) is 24.0 Å². The number of carbonyl (C=O) groups excluding carboxylic acids is 1. The number of nitrogens with zero attached hydrogens (tertiary/aromatic N) is 2. The fraction of sp³-hybridized carbons (Fsp3) is 0.278. The molecule has 0 bridgehead atoms. The van der Waals surface area contributed by atoms with Gasteiger partial charge in [-0.3, -0.25) is 9.78 Å².